The number of methoxy groups -OCH3 is 1. The molecular weight excluding hydrogens is 314 g/mol. The Morgan fingerprint density at radius 3 is 2.74 bits per heavy atom. The van der Waals surface area contributed by atoms with Crippen molar-refractivity contribution in [3.05, 3.63) is 58.8 Å². The molecular formula is C16H17N3O3S. The normalized spacial score (nSPS) is 10.3. The fourth-order valence-electron chi connectivity index (χ4n) is 1.58. The smallest absolute Gasteiger partial charge is 0.279 e. The number of nitrogens with one attached hydrogen (secondary N) is 2. The van der Waals surface area contributed by atoms with Gasteiger partial charge in [-0.15, -0.1) is 11.3 Å². The molecule has 1 heterocycles. The van der Waals surface area contributed by atoms with Crippen LogP contribution < -0.4 is 15.6 Å². The molecule has 2 rings (SSSR count). The number of oxime groups is 1. The number of carbonyl (C=O) groups excluding carboxylic acids is 1. The van der Waals surface area contributed by atoms with Crippen molar-refractivity contribution in [1.29, 1.82) is 0 Å². The molecule has 0 aliphatic carbocycles. The molecule has 1 amide bonds. The van der Waals surface area contributed by atoms with Gasteiger partial charge in [0.05, 0.1) is 23.9 Å². The summed E-state index contributed by atoms with van der Waals surface area (Å²) in [5, 5.41) is 5.67. The zero-order valence-electron chi connectivity index (χ0n) is 12.6. The number of ether oxygens (including phenoxy) is 1. The maximum atomic E-state index is 11.6. The number of rotatable bonds is 8. The van der Waals surface area contributed by atoms with Crippen LogP contribution in [0.25, 0.3) is 5.70 Å². The molecule has 0 atom stereocenters. The predicted octanol–water partition coefficient (Wildman–Crippen LogP) is 2.40. The molecule has 1 aromatic heterocycles. The second-order valence-electron chi connectivity index (χ2n) is 4.41. The highest BCUT2D eigenvalue weighted by atomic mass is 32.1. The zero-order valence-corrected chi connectivity index (χ0v) is 13.4. The largest absolute Gasteiger partial charge is 0.497 e. The zero-order chi connectivity index (χ0) is 16.5. The van der Waals surface area contributed by atoms with E-state index in [2.05, 4.69) is 22.6 Å². The van der Waals surface area contributed by atoms with Crippen molar-refractivity contribution >= 4 is 29.2 Å². The lowest BCUT2D eigenvalue weighted by atomic mass is 10.2. The maximum Gasteiger partial charge on any atom is 0.279 e. The Bertz CT molecular complexity index is 666. The Labute approximate surface area is 138 Å². The van der Waals surface area contributed by atoms with E-state index in [0.29, 0.717) is 5.70 Å². The number of amides is 1. The Kier molecular flexibility index (Phi) is 6.19. The van der Waals surface area contributed by atoms with Crippen molar-refractivity contribution in [2.75, 3.05) is 13.7 Å². The molecule has 120 valence electrons. The van der Waals surface area contributed by atoms with E-state index in [0.717, 1.165) is 16.2 Å². The molecule has 0 fully saturated rings. The lowest BCUT2D eigenvalue weighted by molar-refractivity contribution is -0.126. The minimum absolute atomic E-state index is 0.197. The highest BCUT2D eigenvalue weighted by Gasteiger charge is 2.03. The minimum Gasteiger partial charge on any atom is -0.497 e. The number of hydrazine groups is 1. The van der Waals surface area contributed by atoms with E-state index in [-0.39, 0.29) is 12.5 Å². The molecule has 2 N–H and O–H groups in total. The fraction of sp³-hybridized carbons (Fsp3) is 0.125. The van der Waals surface area contributed by atoms with Crippen LogP contribution >= 0.6 is 11.3 Å². The van der Waals surface area contributed by atoms with Crippen molar-refractivity contribution in [1.82, 2.24) is 10.9 Å². The molecule has 0 aliphatic rings. The maximum absolute atomic E-state index is 11.6. The molecule has 23 heavy (non-hydrogen) atoms. The average Bonchev–Trinajstić information content (AvgIpc) is 3.12. The number of carbonyl (C=O) groups is 1. The minimum atomic E-state index is -0.352. The first-order valence-electron chi connectivity index (χ1n) is 6.76. The second-order valence-corrected chi connectivity index (χ2v) is 5.36. The molecule has 0 saturated heterocycles. The number of hydrogen-bond acceptors (Lipinski definition) is 6. The standard InChI is InChI=1S/C16H17N3O3S/c1-12(15-4-3-9-23-15)18-19-16(20)11-22-17-10-13-5-7-14(21-2)8-6-13/h3-10,18H,1,11H2,2H3,(H,19,20)/b17-10-. The first kappa shape index (κ1) is 16.6. The van der Waals surface area contributed by atoms with Crippen molar-refractivity contribution in [3.8, 4) is 5.75 Å². The lowest BCUT2D eigenvalue weighted by Crippen LogP contribution is -2.37. The first-order chi connectivity index (χ1) is 11.2. The van der Waals surface area contributed by atoms with E-state index in [9.17, 15) is 4.79 Å². The summed E-state index contributed by atoms with van der Waals surface area (Å²) in [5.41, 5.74) is 6.68. The average molecular weight is 331 g/mol. The van der Waals surface area contributed by atoms with Crippen LogP contribution in [0.4, 0.5) is 0 Å². The Morgan fingerprint density at radius 2 is 2.09 bits per heavy atom. The summed E-state index contributed by atoms with van der Waals surface area (Å²) in [5.74, 6) is 0.411. The van der Waals surface area contributed by atoms with E-state index in [4.69, 9.17) is 9.57 Å². The lowest BCUT2D eigenvalue weighted by Gasteiger charge is -2.08. The van der Waals surface area contributed by atoms with Crippen LogP contribution in [0, 0.1) is 0 Å². The van der Waals surface area contributed by atoms with Crippen LogP contribution in [0.15, 0.2) is 53.5 Å². The van der Waals surface area contributed by atoms with Crippen LogP contribution in [0.1, 0.15) is 10.4 Å². The van der Waals surface area contributed by atoms with Crippen LogP contribution in [-0.2, 0) is 9.63 Å². The van der Waals surface area contributed by atoms with Crippen molar-refractivity contribution < 1.29 is 14.4 Å². The molecule has 0 bridgehead atoms. The van der Waals surface area contributed by atoms with Crippen molar-refractivity contribution in [2.24, 2.45) is 5.16 Å². The van der Waals surface area contributed by atoms with Crippen LogP contribution in [0.3, 0.4) is 0 Å². The van der Waals surface area contributed by atoms with E-state index in [1.165, 1.54) is 17.6 Å². The Hall–Kier alpha value is -2.80. The van der Waals surface area contributed by atoms with Gasteiger partial charge >= 0.3 is 0 Å². The molecule has 1 aromatic carbocycles. The Balaban J connectivity index is 1.67. The summed E-state index contributed by atoms with van der Waals surface area (Å²) in [6.45, 7) is 3.63. The molecule has 0 aliphatic heterocycles. The topological polar surface area (TPSA) is 72.0 Å². The highest BCUT2D eigenvalue weighted by Crippen LogP contribution is 2.14. The van der Waals surface area contributed by atoms with E-state index >= 15 is 0 Å². The number of nitrogens with zero attached hydrogens (tertiary/aromatic N) is 1. The van der Waals surface area contributed by atoms with E-state index in [1.807, 2.05) is 41.8 Å². The van der Waals surface area contributed by atoms with Crippen LogP contribution in [-0.4, -0.2) is 25.8 Å². The third kappa shape index (κ3) is 5.48. The van der Waals surface area contributed by atoms with Gasteiger partial charge in [0, 0.05) is 0 Å². The molecule has 0 unspecified atom stereocenters. The monoisotopic (exact) mass is 331 g/mol. The summed E-state index contributed by atoms with van der Waals surface area (Å²) < 4.78 is 5.06. The van der Waals surface area contributed by atoms with Crippen molar-refractivity contribution in [2.45, 2.75) is 0 Å². The van der Waals surface area contributed by atoms with Gasteiger partial charge in [0.1, 0.15) is 5.75 Å². The number of benzene rings is 1. The summed E-state index contributed by atoms with van der Waals surface area (Å²) in [6.07, 6.45) is 1.52. The SMILES string of the molecule is C=C(NNC(=O)CO/N=C\c1ccc(OC)cc1)c1cccs1. The van der Waals surface area contributed by atoms with E-state index in [1.54, 1.807) is 7.11 Å². The predicted molar refractivity (Wildman–Crippen MR) is 91.2 cm³/mol. The molecule has 6 nitrogen and oxygen atoms in total. The molecule has 7 heteroatoms. The van der Waals surface area contributed by atoms with Gasteiger partial charge in [-0.25, -0.2) is 0 Å². The fourth-order valence-corrected chi connectivity index (χ4v) is 2.23. The van der Waals surface area contributed by atoms with Gasteiger partial charge in [-0.1, -0.05) is 17.8 Å². The third-order valence-electron chi connectivity index (χ3n) is 2.76. The third-order valence-corrected chi connectivity index (χ3v) is 3.69. The Morgan fingerprint density at radius 1 is 1.30 bits per heavy atom. The van der Waals surface area contributed by atoms with Gasteiger partial charge in [0.15, 0.2) is 6.61 Å². The summed E-state index contributed by atoms with van der Waals surface area (Å²) in [7, 11) is 1.60. The van der Waals surface area contributed by atoms with Gasteiger partial charge in [-0.05, 0) is 41.3 Å². The van der Waals surface area contributed by atoms with Gasteiger partial charge in [-0.3, -0.25) is 15.6 Å². The number of thiophene rings is 1. The van der Waals surface area contributed by atoms with Gasteiger partial charge in [-0.2, -0.15) is 0 Å². The molecule has 0 radical (unpaired) electrons. The summed E-state index contributed by atoms with van der Waals surface area (Å²) in [6, 6.07) is 11.1. The van der Waals surface area contributed by atoms with Gasteiger partial charge < -0.3 is 9.57 Å². The highest BCUT2D eigenvalue weighted by molar-refractivity contribution is 7.11. The second kappa shape index (κ2) is 8.60. The summed E-state index contributed by atoms with van der Waals surface area (Å²) in [4.78, 5) is 17.5. The first-order valence-corrected chi connectivity index (χ1v) is 7.64. The quantitative estimate of drug-likeness (QED) is 0.575. The summed E-state index contributed by atoms with van der Waals surface area (Å²) >= 11 is 1.53. The molecule has 0 spiro atoms. The van der Waals surface area contributed by atoms with E-state index < -0.39 is 0 Å². The van der Waals surface area contributed by atoms with Crippen LogP contribution in [0.2, 0.25) is 0 Å². The van der Waals surface area contributed by atoms with Gasteiger partial charge in [0.2, 0.25) is 0 Å². The van der Waals surface area contributed by atoms with Crippen molar-refractivity contribution in [3.63, 3.8) is 0 Å². The molecule has 0 saturated carbocycles. The molecule has 2 aromatic rings. The van der Waals surface area contributed by atoms with Crippen LogP contribution in [0.5, 0.6) is 5.75 Å². The van der Waals surface area contributed by atoms with Gasteiger partial charge in [0.25, 0.3) is 5.91 Å². The number of hydrogen-bond donors (Lipinski definition) is 2.